The van der Waals surface area contributed by atoms with Crippen molar-refractivity contribution in [1.82, 2.24) is 0 Å². The van der Waals surface area contributed by atoms with Crippen LogP contribution in [0.15, 0.2) is 48.5 Å². The van der Waals surface area contributed by atoms with Gasteiger partial charge in [0.05, 0.1) is 7.11 Å². The summed E-state index contributed by atoms with van der Waals surface area (Å²) < 4.78 is 4.99. The summed E-state index contributed by atoms with van der Waals surface area (Å²) in [6, 6.07) is 12.4. The van der Waals surface area contributed by atoms with E-state index in [-0.39, 0.29) is 11.5 Å². The van der Waals surface area contributed by atoms with Gasteiger partial charge in [-0.05, 0) is 42.3 Å². The Kier molecular flexibility index (Phi) is 4.20. The highest BCUT2D eigenvalue weighted by atomic mass is 16.5. The lowest BCUT2D eigenvalue weighted by atomic mass is 10.1. The van der Waals surface area contributed by atoms with Gasteiger partial charge in [-0.3, -0.25) is 4.79 Å². The highest BCUT2D eigenvalue weighted by Gasteiger charge is 2.07. The zero-order chi connectivity index (χ0) is 14.5. The maximum Gasteiger partial charge on any atom is 0.185 e. The molecule has 0 saturated carbocycles. The summed E-state index contributed by atoms with van der Waals surface area (Å²) in [5.41, 5.74) is 2.59. The van der Waals surface area contributed by atoms with Crippen LogP contribution in [0.3, 0.4) is 0 Å². The van der Waals surface area contributed by atoms with Crippen LogP contribution in [0.2, 0.25) is 0 Å². The summed E-state index contributed by atoms with van der Waals surface area (Å²) in [4.78, 5) is 12.1. The molecule has 1 N–H and O–H groups in total. The standard InChI is InChI=1S/C17H16O3/c1-12-5-3-4-6-13(12)7-9-15(18)14-8-10-16(19)17(11-14)20-2/h3-11,19H,1-2H3. The van der Waals surface area contributed by atoms with Crippen molar-refractivity contribution in [1.29, 1.82) is 0 Å². The first-order valence-electron chi connectivity index (χ1n) is 6.27. The molecule has 0 spiro atoms. The molecule has 0 heterocycles. The zero-order valence-corrected chi connectivity index (χ0v) is 11.5. The number of methoxy groups -OCH3 is 1. The van der Waals surface area contributed by atoms with Gasteiger partial charge in [-0.2, -0.15) is 0 Å². The van der Waals surface area contributed by atoms with Crippen LogP contribution in [0, 0.1) is 6.92 Å². The number of carbonyl (C=O) groups is 1. The molecule has 0 bridgehead atoms. The largest absolute Gasteiger partial charge is 0.504 e. The lowest BCUT2D eigenvalue weighted by Gasteiger charge is -2.04. The molecule has 20 heavy (non-hydrogen) atoms. The average Bonchev–Trinajstić information content (AvgIpc) is 2.46. The van der Waals surface area contributed by atoms with Crippen molar-refractivity contribution in [3.05, 3.63) is 65.2 Å². The Morgan fingerprint density at radius 3 is 2.65 bits per heavy atom. The Bertz CT molecular complexity index is 657. The molecule has 2 rings (SSSR count). The Morgan fingerprint density at radius 1 is 1.20 bits per heavy atom. The second-order valence-corrected chi connectivity index (χ2v) is 4.44. The summed E-state index contributed by atoms with van der Waals surface area (Å²) in [5, 5.41) is 9.51. The summed E-state index contributed by atoms with van der Waals surface area (Å²) >= 11 is 0. The molecule has 0 saturated heterocycles. The molecule has 3 heteroatoms. The van der Waals surface area contributed by atoms with Gasteiger partial charge >= 0.3 is 0 Å². The molecule has 3 nitrogen and oxygen atoms in total. The first kappa shape index (κ1) is 13.9. The molecule has 0 aromatic heterocycles. The first-order valence-corrected chi connectivity index (χ1v) is 6.27. The van der Waals surface area contributed by atoms with Crippen LogP contribution in [0.5, 0.6) is 11.5 Å². The van der Waals surface area contributed by atoms with Gasteiger partial charge in [-0.25, -0.2) is 0 Å². The minimum Gasteiger partial charge on any atom is -0.504 e. The summed E-state index contributed by atoms with van der Waals surface area (Å²) in [5.74, 6) is 0.179. The highest BCUT2D eigenvalue weighted by molar-refractivity contribution is 6.07. The predicted octanol–water partition coefficient (Wildman–Crippen LogP) is 3.61. The van der Waals surface area contributed by atoms with Crippen molar-refractivity contribution < 1.29 is 14.6 Å². The van der Waals surface area contributed by atoms with E-state index < -0.39 is 0 Å². The van der Waals surface area contributed by atoms with Gasteiger partial charge in [-0.15, -0.1) is 0 Å². The number of carbonyl (C=O) groups excluding carboxylic acids is 1. The maximum absolute atomic E-state index is 12.1. The molecule has 0 aliphatic carbocycles. The number of allylic oxidation sites excluding steroid dienone is 1. The van der Waals surface area contributed by atoms with E-state index in [9.17, 15) is 9.90 Å². The van der Waals surface area contributed by atoms with E-state index in [1.54, 1.807) is 12.1 Å². The number of aryl methyl sites for hydroxylation is 1. The SMILES string of the molecule is COc1cc(C(=O)C=Cc2ccccc2C)ccc1O. The first-order chi connectivity index (χ1) is 9.61. The third-order valence-corrected chi connectivity index (χ3v) is 3.07. The van der Waals surface area contributed by atoms with Crippen LogP contribution in [0.1, 0.15) is 21.5 Å². The molecule has 0 aliphatic heterocycles. The van der Waals surface area contributed by atoms with E-state index in [1.165, 1.54) is 25.3 Å². The van der Waals surface area contributed by atoms with Crippen LogP contribution < -0.4 is 4.74 Å². The van der Waals surface area contributed by atoms with Gasteiger partial charge in [0.1, 0.15) is 0 Å². The summed E-state index contributed by atoms with van der Waals surface area (Å²) in [6.45, 7) is 1.99. The van der Waals surface area contributed by atoms with Crippen molar-refractivity contribution in [2.24, 2.45) is 0 Å². The molecule has 0 amide bonds. The second kappa shape index (κ2) is 6.06. The second-order valence-electron chi connectivity index (χ2n) is 4.44. The number of ketones is 1. The predicted molar refractivity (Wildman–Crippen MR) is 79.2 cm³/mol. The van der Waals surface area contributed by atoms with Crippen molar-refractivity contribution in [2.45, 2.75) is 6.92 Å². The van der Waals surface area contributed by atoms with E-state index in [4.69, 9.17) is 4.74 Å². The smallest absolute Gasteiger partial charge is 0.185 e. The lowest BCUT2D eigenvalue weighted by Crippen LogP contribution is -1.95. The molecular weight excluding hydrogens is 252 g/mol. The molecule has 2 aromatic carbocycles. The summed E-state index contributed by atoms with van der Waals surface area (Å²) in [6.07, 6.45) is 3.31. The van der Waals surface area contributed by atoms with E-state index >= 15 is 0 Å². The Hall–Kier alpha value is -2.55. The van der Waals surface area contributed by atoms with Crippen LogP contribution in [-0.2, 0) is 0 Å². The summed E-state index contributed by atoms with van der Waals surface area (Å²) in [7, 11) is 1.45. The van der Waals surface area contributed by atoms with Gasteiger partial charge in [0.15, 0.2) is 17.3 Å². The molecule has 0 fully saturated rings. The lowest BCUT2D eigenvalue weighted by molar-refractivity contribution is 0.104. The number of phenolic OH excluding ortho intramolecular Hbond substituents is 1. The number of hydrogen-bond donors (Lipinski definition) is 1. The fourth-order valence-electron chi connectivity index (χ4n) is 1.87. The molecular formula is C17H16O3. The third kappa shape index (κ3) is 3.06. The van der Waals surface area contributed by atoms with Crippen molar-refractivity contribution >= 4 is 11.9 Å². The number of rotatable bonds is 4. The van der Waals surface area contributed by atoms with Crippen LogP contribution in [0.25, 0.3) is 6.08 Å². The molecule has 102 valence electrons. The number of aromatic hydroxyl groups is 1. The van der Waals surface area contributed by atoms with Crippen LogP contribution in [0.4, 0.5) is 0 Å². The topological polar surface area (TPSA) is 46.5 Å². The average molecular weight is 268 g/mol. The van der Waals surface area contributed by atoms with Crippen molar-refractivity contribution in [3.63, 3.8) is 0 Å². The number of benzene rings is 2. The third-order valence-electron chi connectivity index (χ3n) is 3.07. The fraction of sp³-hybridized carbons (Fsp3) is 0.118. The molecule has 0 aliphatic rings. The van der Waals surface area contributed by atoms with Gasteiger partial charge in [-0.1, -0.05) is 30.3 Å². The van der Waals surface area contributed by atoms with Gasteiger partial charge in [0, 0.05) is 5.56 Å². The zero-order valence-electron chi connectivity index (χ0n) is 11.5. The van der Waals surface area contributed by atoms with E-state index in [2.05, 4.69) is 0 Å². The number of phenols is 1. The van der Waals surface area contributed by atoms with Crippen LogP contribution >= 0.6 is 0 Å². The van der Waals surface area contributed by atoms with E-state index in [0.717, 1.165) is 11.1 Å². The van der Waals surface area contributed by atoms with E-state index in [0.29, 0.717) is 11.3 Å². The molecule has 0 radical (unpaired) electrons. The van der Waals surface area contributed by atoms with E-state index in [1.807, 2.05) is 31.2 Å². The van der Waals surface area contributed by atoms with Gasteiger partial charge < -0.3 is 9.84 Å². The normalized spacial score (nSPS) is 10.7. The van der Waals surface area contributed by atoms with Crippen molar-refractivity contribution in [2.75, 3.05) is 7.11 Å². The van der Waals surface area contributed by atoms with Gasteiger partial charge in [0.2, 0.25) is 0 Å². The van der Waals surface area contributed by atoms with Crippen molar-refractivity contribution in [3.8, 4) is 11.5 Å². The molecule has 0 unspecified atom stereocenters. The van der Waals surface area contributed by atoms with Gasteiger partial charge in [0.25, 0.3) is 0 Å². The van der Waals surface area contributed by atoms with Crippen LogP contribution in [-0.4, -0.2) is 18.0 Å². The quantitative estimate of drug-likeness (QED) is 0.680. The maximum atomic E-state index is 12.1. The Labute approximate surface area is 118 Å². The Balaban J connectivity index is 2.22. The number of ether oxygens (including phenoxy) is 1. The minimum atomic E-state index is -0.133. The highest BCUT2D eigenvalue weighted by Crippen LogP contribution is 2.26. The fourth-order valence-corrected chi connectivity index (χ4v) is 1.87. The molecule has 0 atom stereocenters. The minimum absolute atomic E-state index is 0.0203. The Morgan fingerprint density at radius 2 is 1.95 bits per heavy atom. The number of hydrogen-bond acceptors (Lipinski definition) is 3. The molecule has 2 aromatic rings. The monoisotopic (exact) mass is 268 g/mol.